The van der Waals surface area contributed by atoms with Gasteiger partial charge in [-0.15, -0.1) is 0 Å². The normalized spacial score (nSPS) is 18.6. The second-order valence-corrected chi connectivity index (χ2v) is 15.7. The van der Waals surface area contributed by atoms with Gasteiger partial charge in [-0.3, -0.25) is 33.6 Å². The van der Waals surface area contributed by atoms with E-state index in [4.69, 9.17) is 23.9 Å². The Kier molecular flexibility index (Phi) is 15.0. The van der Waals surface area contributed by atoms with Gasteiger partial charge in [0, 0.05) is 76.6 Å². The third-order valence-electron chi connectivity index (χ3n) is 11.4. The van der Waals surface area contributed by atoms with Crippen LogP contribution in [0.25, 0.3) is 11.0 Å². The number of phenols is 1. The Morgan fingerprint density at radius 1 is 0.887 bits per heavy atom. The van der Waals surface area contributed by atoms with Crippen LogP contribution in [0, 0.1) is 0 Å². The van der Waals surface area contributed by atoms with Crippen molar-refractivity contribution in [1.82, 2.24) is 29.7 Å². The molecule has 0 aliphatic carbocycles. The molecular weight excluding hydrogens is 799 g/mol. The molecule has 2 aromatic carbocycles. The number of allylic oxidation sites excluding steroid dienone is 1. The molecule has 3 aliphatic heterocycles. The van der Waals surface area contributed by atoms with Gasteiger partial charge < -0.3 is 39.2 Å². The number of nitrogens with zero attached hydrogens (tertiary/aromatic N) is 5. The largest absolute Gasteiger partial charge is 0.507 e. The number of imide groups is 1. The summed E-state index contributed by atoms with van der Waals surface area (Å²) in [6.07, 6.45) is 7.25. The van der Waals surface area contributed by atoms with Crippen LogP contribution in [-0.4, -0.2) is 126 Å². The second kappa shape index (κ2) is 21.2. The van der Waals surface area contributed by atoms with E-state index in [0.717, 1.165) is 49.2 Å². The summed E-state index contributed by atoms with van der Waals surface area (Å²) in [4.78, 5) is 71.0. The fourth-order valence-corrected chi connectivity index (χ4v) is 8.22. The number of amides is 3. The van der Waals surface area contributed by atoms with Gasteiger partial charge in [0.1, 0.15) is 17.6 Å². The van der Waals surface area contributed by atoms with E-state index in [1.54, 1.807) is 25.2 Å². The number of piperazine rings is 1. The number of benzene rings is 2. The van der Waals surface area contributed by atoms with Gasteiger partial charge in [-0.2, -0.15) is 4.98 Å². The Morgan fingerprint density at radius 3 is 2.45 bits per heavy atom. The number of ether oxygens (including phenoxy) is 4. The molecule has 330 valence electrons. The summed E-state index contributed by atoms with van der Waals surface area (Å²) in [6, 6.07) is 17.9. The van der Waals surface area contributed by atoms with Crippen LogP contribution in [0.3, 0.4) is 0 Å². The molecule has 4 aromatic rings. The van der Waals surface area contributed by atoms with Crippen molar-refractivity contribution in [3.8, 4) is 11.6 Å². The van der Waals surface area contributed by atoms with Crippen molar-refractivity contribution < 1.29 is 43.2 Å². The maximum atomic E-state index is 13.0. The average Bonchev–Trinajstić information content (AvgIpc) is 3.95. The van der Waals surface area contributed by atoms with Crippen molar-refractivity contribution in [2.75, 3.05) is 70.8 Å². The van der Waals surface area contributed by atoms with Crippen LogP contribution in [0.4, 0.5) is 5.82 Å². The van der Waals surface area contributed by atoms with Gasteiger partial charge in [0.15, 0.2) is 5.78 Å². The van der Waals surface area contributed by atoms with Gasteiger partial charge in [0.25, 0.3) is 0 Å². The highest BCUT2D eigenvalue weighted by molar-refractivity contribution is 6.06. The molecule has 5 heterocycles. The Bertz CT molecular complexity index is 2310. The number of likely N-dealkylation sites (tertiary alicyclic amines) is 1. The Morgan fingerprint density at radius 2 is 1.68 bits per heavy atom. The van der Waals surface area contributed by atoms with Crippen LogP contribution in [-0.2, 0) is 42.1 Å². The number of carbonyl (C=O) groups excluding carboxylic acids is 4. The summed E-state index contributed by atoms with van der Waals surface area (Å²) in [5, 5.41) is 15.2. The number of anilines is 1. The molecule has 3 aliphatic rings. The van der Waals surface area contributed by atoms with E-state index in [2.05, 4.69) is 20.4 Å². The number of aryl methyl sites for hydroxylation is 2. The third kappa shape index (κ3) is 11.1. The van der Waals surface area contributed by atoms with Crippen molar-refractivity contribution in [3.05, 3.63) is 94.6 Å². The molecule has 0 saturated carbocycles. The van der Waals surface area contributed by atoms with E-state index in [1.165, 1.54) is 21.3 Å². The highest BCUT2D eigenvalue weighted by Crippen LogP contribution is 2.34. The van der Waals surface area contributed by atoms with Crippen LogP contribution in [0.2, 0.25) is 0 Å². The first-order valence-corrected chi connectivity index (χ1v) is 21.3. The van der Waals surface area contributed by atoms with E-state index >= 15 is 0 Å². The average molecular weight is 854 g/mol. The number of hydrogen-bond acceptors (Lipinski definition) is 13. The number of hydrogen-bond donors (Lipinski definition) is 3. The summed E-state index contributed by atoms with van der Waals surface area (Å²) in [6.45, 7) is 4.97. The smallest absolute Gasteiger partial charge is 0.329 e. The number of phenolic OH excluding ortho intramolecular Hbond substituents is 1. The molecule has 0 radical (unpaired) electrons. The summed E-state index contributed by atoms with van der Waals surface area (Å²) in [5.41, 5.74) is 2.47. The molecular formula is C45H55N7O10. The first-order chi connectivity index (χ1) is 30.2. The van der Waals surface area contributed by atoms with Crippen molar-refractivity contribution in [2.24, 2.45) is 7.05 Å². The van der Waals surface area contributed by atoms with E-state index in [-0.39, 0.29) is 47.5 Å². The minimum Gasteiger partial charge on any atom is -0.507 e. The zero-order valence-corrected chi connectivity index (χ0v) is 35.0. The molecule has 17 nitrogen and oxygen atoms in total. The Hall–Kier alpha value is -6.04. The number of ketones is 1. The summed E-state index contributed by atoms with van der Waals surface area (Å²) in [5.74, 6) is 0.278. The van der Waals surface area contributed by atoms with Crippen LogP contribution in [0.1, 0.15) is 60.5 Å². The highest BCUT2D eigenvalue weighted by atomic mass is 16.5. The van der Waals surface area contributed by atoms with Crippen molar-refractivity contribution in [1.29, 1.82) is 0 Å². The number of carbonyl (C=O) groups is 4. The lowest BCUT2D eigenvalue weighted by Crippen LogP contribution is -2.44. The Labute approximate surface area is 359 Å². The molecule has 62 heavy (non-hydrogen) atoms. The van der Waals surface area contributed by atoms with E-state index < -0.39 is 11.9 Å². The van der Waals surface area contributed by atoms with Crippen molar-refractivity contribution in [2.45, 2.75) is 63.1 Å². The number of aromatic nitrogens is 3. The molecule has 3 N–H and O–H groups in total. The van der Waals surface area contributed by atoms with Crippen LogP contribution < -0.4 is 26.0 Å². The number of para-hydroxylation sites is 1. The lowest BCUT2D eigenvalue weighted by Gasteiger charge is -2.34. The van der Waals surface area contributed by atoms with E-state index in [1.807, 2.05) is 42.6 Å². The molecule has 2 aromatic heterocycles. The van der Waals surface area contributed by atoms with E-state index in [0.29, 0.717) is 89.0 Å². The zero-order chi connectivity index (χ0) is 43.4. The Balaban J connectivity index is 0.682. The second-order valence-electron chi connectivity index (χ2n) is 15.7. The number of nitrogens with one attached hydrogen (secondary N) is 2. The molecule has 3 atom stereocenters. The highest BCUT2D eigenvalue weighted by Gasteiger charge is 2.42. The fraction of sp³-hybridized carbons (Fsp3) is 0.467. The van der Waals surface area contributed by atoms with Gasteiger partial charge in [-0.05, 0) is 68.0 Å². The molecule has 3 saturated heterocycles. The number of rotatable bonds is 23. The van der Waals surface area contributed by atoms with Crippen LogP contribution >= 0.6 is 0 Å². The van der Waals surface area contributed by atoms with E-state index in [9.17, 15) is 29.1 Å². The predicted octanol–water partition coefficient (Wildman–Crippen LogP) is 3.04. The number of piperidine rings is 1. The molecule has 3 amide bonds. The van der Waals surface area contributed by atoms with Gasteiger partial charge >= 0.3 is 5.69 Å². The van der Waals surface area contributed by atoms with Crippen molar-refractivity contribution >= 4 is 40.4 Å². The first-order valence-electron chi connectivity index (χ1n) is 21.3. The first kappa shape index (κ1) is 44.0. The standard InChI is InChI=1S/C45H55N7O10/c1-49-37-27-31(13-14-35(37)52(45(49)58)36-15-16-42(56)48-44(36)57)7-5-20-59-23-25-61-26-24-60-22-18-46-41(55)11-6-21-62-43-12-4-10-40(47-43)51-30-32-28-33(51)29-50(32)19-17-39(54)34-8-2-3-9-38(34)53/h2-4,8-10,12-14,17,19,27,32-33,36,53H,5-7,11,15-16,18,20-26,28-30H2,1H3,(H,46,55)(H,48,56,57)/b19-17+/t32-,33-,36?/m1/s1. The monoisotopic (exact) mass is 853 g/mol. The third-order valence-corrected chi connectivity index (χ3v) is 11.4. The number of pyridine rings is 1. The maximum Gasteiger partial charge on any atom is 0.329 e. The zero-order valence-electron chi connectivity index (χ0n) is 35.0. The number of imidazole rings is 1. The van der Waals surface area contributed by atoms with Crippen molar-refractivity contribution in [3.63, 3.8) is 0 Å². The molecule has 17 heteroatoms. The molecule has 0 spiro atoms. The maximum absolute atomic E-state index is 13.0. The van der Waals surface area contributed by atoms with Crippen LogP contribution in [0.15, 0.2) is 77.7 Å². The topological polar surface area (TPSA) is 196 Å². The number of aromatic hydroxyl groups is 1. The van der Waals surface area contributed by atoms with Gasteiger partial charge in [-0.25, -0.2) is 4.79 Å². The quantitative estimate of drug-likeness (QED) is 0.0427. The summed E-state index contributed by atoms with van der Waals surface area (Å²) < 4.78 is 25.8. The SMILES string of the molecule is Cn1c(=O)n(C2CCC(=O)NC2=O)c2ccc(CCCOCCOCCOCCNC(=O)CCCOc3cccc(N4C[C@H]5C[C@@H]4CN5/C=C/C(=O)c4ccccc4O)n3)cc21. The molecule has 3 fully saturated rings. The minimum atomic E-state index is -0.704. The van der Waals surface area contributed by atoms with Gasteiger partial charge in [-0.1, -0.05) is 24.3 Å². The predicted molar refractivity (Wildman–Crippen MR) is 229 cm³/mol. The summed E-state index contributed by atoms with van der Waals surface area (Å²) in [7, 11) is 1.69. The molecule has 2 bridgehead atoms. The lowest BCUT2D eigenvalue weighted by molar-refractivity contribution is -0.135. The van der Waals surface area contributed by atoms with Crippen LogP contribution in [0.5, 0.6) is 11.6 Å². The lowest BCUT2D eigenvalue weighted by atomic mass is 10.1. The summed E-state index contributed by atoms with van der Waals surface area (Å²) >= 11 is 0. The van der Waals surface area contributed by atoms with Gasteiger partial charge in [0.05, 0.1) is 56.2 Å². The fourth-order valence-electron chi connectivity index (χ4n) is 8.22. The number of fused-ring (bicyclic) bond motifs is 3. The van der Waals surface area contributed by atoms with Gasteiger partial charge in [0.2, 0.25) is 23.6 Å². The minimum absolute atomic E-state index is 0.0211. The molecule has 7 rings (SSSR count). The molecule has 1 unspecified atom stereocenters.